The normalized spacial score (nSPS) is 19.4. The van der Waals surface area contributed by atoms with Crippen molar-refractivity contribution in [3.63, 3.8) is 0 Å². The van der Waals surface area contributed by atoms with Crippen molar-refractivity contribution in [2.45, 2.75) is 45.6 Å². The molecular weight excluding hydrogens is 196 g/mol. The second kappa shape index (κ2) is 4.96. The molecule has 1 aliphatic carbocycles. The molecule has 0 aliphatic heterocycles. The van der Waals surface area contributed by atoms with Gasteiger partial charge in [-0.05, 0) is 43.7 Å². The van der Waals surface area contributed by atoms with E-state index >= 15 is 0 Å². The summed E-state index contributed by atoms with van der Waals surface area (Å²) >= 11 is 0. The van der Waals surface area contributed by atoms with Crippen molar-refractivity contribution in [3.05, 3.63) is 30.1 Å². The quantitative estimate of drug-likeness (QED) is 0.792. The molecule has 88 valence electrons. The van der Waals surface area contributed by atoms with E-state index in [-0.39, 0.29) is 0 Å². The van der Waals surface area contributed by atoms with Gasteiger partial charge >= 0.3 is 0 Å². The highest BCUT2D eigenvalue weighted by atomic mass is 15.0. The van der Waals surface area contributed by atoms with Crippen LogP contribution in [0.5, 0.6) is 0 Å². The zero-order chi connectivity index (χ0) is 11.4. The van der Waals surface area contributed by atoms with Gasteiger partial charge in [-0.15, -0.1) is 0 Å². The maximum absolute atomic E-state index is 4.38. The Bertz CT molecular complexity index is 317. The van der Waals surface area contributed by atoms with Crippen molar-refractivity contribution in [2.75, 3.05) is 6.54 Å². The van der Waals surface area contributed by atoms with E-state index in [1.807, 2.05) is 12.3 Å². The van der Waals surface area contributed by atoms with Gasteiger partial charge in [-0.3, -0.25) is 4.98 Å². The Balaban J connectivity index is 1.82. The second-order valence-corrected chi connectivity index (χ2v) is 5.11. The third-order valence-electron chi connectivity index (χ3n) is 3.65. The fourth-order valence-corrected chi connectivity index (χ4v) is 2.33. The third kappa shape index (κ3) is 2.82. The van der Waals surface area contributed by atoms with E-state index in [0.29, 0.717) is 11.5 Å². The lowest BCUT2D eigenvalue weighted by Crippen LogP contribution is -2.27. The fourth-order valence-electron chi connectivity index (χ4n) is 2.33. The van der Waals surface area contributed by atoms with Gasteiger partial charge in [-0.1, -0.05) is 19.4 Å². The van der Waals surface area contributed by atoms with Crippen molar-refractivity contribution in [2.24, 2.45) is 5.41 Å². The van der Waals surface area contributed by atoms with E-state index in [0.717, 1.165) is 12.2 Å². The fraction of sp³-hybridized carbons (Fsp3) is 0.643. The van der Waals surface area contributed by atoms with Crippen molar-refractivity contribution < 1.29 is 0 Å². The monoisotopic (exact) mass is 218 g/mol. The van der Waals surface area contributed by atoms with Crippen LogP contribution in [0.2, 0.25) is 0 Å². The maximum atomic E-state index is 4.38. The van der Waals surface area contributed by atoms with Gasteiger partial charge in [0, 0.05) is 18.8 Å². The minimum absolute atomic E-state index is 0.371. The van der Waals surface area contributed by atoms with Crippen LogP contribution < -0.4 is 5.32 Å². The lowest BCUT2D eigenvalue weighted by atomic mass is 10.0. The highest BCUT2D eigenvalue weighted by Gasteiger charge is 2.41. The summed E-state index contributed by atoms with van der Waals surface area (Å²) < 4.78 is 0. The van der Waals surface area contributed by atoms with E-state index in [4.69, 9.17) is 0 Å². The first-order valence-electron chi connectivity index (χ1n) is 6.40. The van der Waals surface area contributed by atoms with Gasteiger partial charge in [0.1, 0.15) is 0 Å². The predicted octanol–water partition coefficient (Wildman–Crippen LogP) is 3.31. The molecule has 0 radical (unpaired) electrons. The first-order chi connectivity index (χ1) is 7.76. The largest absolute Gasteiger partial charge is 0.308 e. The SMILES string of the molecule is CCCC1(CNC(C)c2ccccn2)CC1. The molecule has 0 amide bonds. The van der Waals surface area contributed by atoms with Crippen LogP contribution in [0.4, 0.5) is 0 Å². The molecule has 1 saturated carbocycles. The molecule has 2 nitrogen and oxygen atoms in total. The van der Waals surface area contributed by atoms with E-state index in [1.165, 1.54) is 25.7 Å². The van der Waals surface area contributed by atoms with Crippen LogP contribution >= 0.6 is 0 Å². The molecule has 0 aromatic carbocycles. The Morgan fingerprint density at radius 2 is 2.25 bits per heavy atom. The molecule has 0 bridgehead atoms. The van der Waals surface area contributed by atoms with Crippen LogP contribution in [0.1, 0.15) is 51.3 Å². The number of aromatic nitrogens is 1. The molecule has 2 rings (SSSR count). The molecule has 2 heteroatoms. The average molecular weight is 218 g/mol. The molecule has 1 aromatic rings. The highest BCUT2D eigenvalue weighted by Crippen LogP contribution is 2.49. The molecule has 1 atom stereocenters. The predicted molar refractivity (Wildman–Crippen MR) is 67.2 cm³/mol. The van der Waals surface area contributed by atoms with Gasteiger partial charge in [0.2, 0.25) is 0 Å². The molecule has 1 heterocycles. The van der Waals surface area contributed by atoms with E-state index in [2.05, 4.69) is 36.3 Å². The molecular formula is C14H22N2. The van der Waals surface area contributed by atoms with Gasteiger partial charge in [0.15, 0.2) is 0 Å². The van der Waals surface area contributed by atoms with Crippen LogP contribution in [-0.4, -0.2) is 11.5 Å². The summed E-state index contributed by atoms with van der Waals surface area (Å²) in [6, 6.07) is 6.49. The third-order valence-corrected chi connectivity index (χ3v) is 3.65. The number of hydrogen-bond acceptors (Lipinski definition) is 2. The van der Waals surface area contributed by atoms with Crippen LogP contribution in [0.3, 0.4) is 0 Å². The standard InChI is InChI=1S/C14H22N2/c1-3-7-14(8-9-14)11-16-12(2)13-6-4-5-10-15-13/h4-6,10,12,16H,3,7-9,11H2,1-2H3. The summed E-state index contributed by atoms with van der Waals surface area (Å²) in [5.41, 5.74) is 1.77. The minimum Gasteiger partial charge on any atom is -0.308 e. The van der Waals surface area contributed by atoms with Gasteiger partial charge in [0.25, 0.3) is 0 Å². The van der Waals surface area contributed by atoms with Gasteiger partial charge in [-0.25, -0.2) is 0 Å². The molecule has 1 aromatic heterocycles. The summed E-state index contributed by atoms with van der Waals surface area (Å²) in [4.78, 5) is 4.38. The van der Waals surface area contributed by atoms with Crippen LogP contribution in [0, 0.1) is 5.41 Å². The number of nitrogens with zero attached hydrogens (tertiary/aromatic N) is 1. The zero-order valence-corrected chi connectivity index (χ0v) is 10.4. The Labute approximate surface area is 98.5 Å². The molecule has 0 saturated heterocycles. The summed E-state index contributed by atoms with van der Waals surface area (Å²) in [5, 5.41) is 3.62. The Morgan fingerprint density at radius 1 is 1.44 bits per heavy atom. The van der Waals surface area contributed by atoms with Gasteiger partial charge < -0.3 is 5.32 Å². The summed E-state index contributed by atoms with van der Waals surface area (Å²) in [6.45, 7) is 5.63. The zero-order valence-electron chi connectivity index (χ0n) is 10.4. The summed E-state index contributed by atoms with van der Waals surface area (Å²) in [7, 11) is 0. The van der Waals surface area contributed by atoms with Crippen LogP contribution in [0.15, 0.2) is 24.4 Å². The first-order valence-corrected chi connectivity index (χ1v) is 6.40. The molecule has 1 aliphatic rings. The van der Waals surface area contributed by atoms with E-state index in [1.54, 1.807) is 0 Å². The highest BCUT2D eigenvalue weighted by molar-refractivity contribution is 5.08. The molecule has 1 unspecified atom stereocenters. The number of pyridine rings is 1. The van der Waals surface area contributed by atoms with Crippen LogP contribution in [-0.2, 0) is 0 Å². The van der Waals surface area contributed by atoms with Gasteiger partial charge in [-0.2, -0.15) is 0 Å². The van der Waals surface area contributed by atoms with Crippen molar-refractivity contribution in [1.82, 2.24) is 10.3 Å². The second-order valence-electron chi connectivity index (χ2n) is 5.11. The topological polar surface area (TPSA) is 24.9 Å². The number of rotatable bonds is 6. The maximum Gasteiger partial charge on any atom is 0.0570 e. The summed E-state index contributed by atoms with van der Waals surface area (Å²) in [6.07, 6.45) is 7.35. The lowest BCUT2D eigenvalue weighted by molar-refractivity contribution is 0.395. The van der Waals surface area contributed by atoms with Gasteiger partial charge in [0.05, 0.1) is 5.69 Å². The number of nitrogens with one attached hydrogen (secondary N) is 1. The average Bonchev–Trinajstić information content (AvgIpc) is 3.08. The minimum atomic E-state index is 0.371. The molecule has 1 fully saturated rings. The molecule has 16 heavy (non-hydrogen) atoms. The molecule has 1 N–H and O–H groups in total. The Hall–Kier alpha value is -0.890. The van der Waals surface area contributed by atoms with Crippen molar-refractivity contribution >= 4 is 0 Å². The summed E-state index contributed by atoms with van der Waals surface area (Å²) in [5.74, 6) is 0. The smallest absolute Gasteiger partial charge is 0.0570 e. The van der Waals surface area contributed by atoms with Crippen molar-refractivity contribution in [3.8, 4) is 0 Å². The lowest BCUT2D eigenvalue weighted by Gasteiger charge is -2.19. The van der Waals surface area contributed by atoms with E-state index in [9.17, 15) is 0 Å². The molecule has 0 spiro atoms. The van der Waals surface area contributed by atoms with E-state index < -0.39 is 0 Å². The van der Waals surface area contributed by atoms with Crippen molar-refractivity contribution in [1.29, 1.82) is 0 Å². The number of hydrogen-bond donors (Lipinski definition) is 1. The van der Waals surface area contributed by atoms with Crippen LogP contribution in [0.25, 0.3) is 0 Å². The first kappa shape index (κ1) is 11.6. The Morgan fingerprint density at radius 3 is 2.81 bits per heavy atom. The Kier molecular flexibility index (Phi) is 3.59.